The van der Waals surface area contributed by atoms with Crippen molar-refractivity contribution in [3.8, 4) is 5.75 Å². The summed E-state index contributed by atoms with van der Waals surface area (Å²) in [5.74, 6) is 1.69. The lowest BCUT2D eigenvalue weighted by molar-refractivity contribution is 0.316. The van der Waals surface area contributed by atoms with E-state index in [0.717, 1.165) is 18.9 Å². The topological polar surface area (TPSA) is 21.3 Å². The average Bonchev–Trinajstić information content (AvgIpc) is 2.78. The van der Waals surface area contributed by atoms with Crippen molar-refractivity contribution in [3.05, 3.63) is 29.8 Å². The fraction of sp³-hybridized carbons (Fsp3) is 0.600. The normalized spacial score (nSPS) is 19.8. The van der Waals surface area contributed by atoms with Crippen LogP contribution >= 0.6 is 0 Å². The second-order valence-electron chi connectivity index (χ2n) is 4.79. The molecule has 2 nitrogen and oxygen atoms in total. The first-order valence-electron chi connectivity index (χ1n) is 6.80. The molecule has 1 aromatic carbocycles. The molecule has 17 heavy (non-hydrogen) atoms. The summed E-state index contributed by atoms with van der Waals surface area (Å²) in [7, 11) is 0. The van der Waals surface area contributed by atoms with Gasteiger partial charge >= 0.3 is 0 Å². The Labute approximate surface area is 104 Å². The lowest BCUT2D eigenvalue weighted by atomic mass is 9.93. The number of hydrogen-bond acceptors (Lipinski definition) is 2. The van der Waals surface area contributed by atoms with Crippen molar-refractivity contribution in [2.24, 2.45) is 0 Å². The number of hydrogen-bond donors (Lipinski definition) is 1. The number of nitrogens with one attached hydrogen (secondary N) is 1. The zero-order valence-electron chi connectivity index (χ0n) is 10.9. The highest BCUT2D eigenvalue weighted by molar-refractivity contribution is 5.39. The molecule has 0 aromatic heterocycles. The van der Waals surface area contributed by atoms with Crippen molar-refractivity contribution in [2.75, 3.05) is 13.2 Å². The smallest absolute Gasteiger partial charge is 0.122 e. The summed E-state index contributed by atoms with van der Waals surface area (Å²) < 4.78 is 5.72. The van der Waals surface area contributed by atoms with Crippen LogP contribution in [0.5, 0.6) is 5.75 Å². The molecule has 2 heteroatoms. The van der Waals surface area contributed by atoms with Gasteiger partial charge in [-0.25, -0.2) is 0 Å². The zero-order chi connectivity index (χ0) is 12.1. The van der Waals surface area contributed by atoms with Crippen LogP contribution in [0.25, 0.3) is 0 Å². The summed E-state index contributed by atoms with van der Waals surface area (Å²) in [6, 6.07) is 9.11. The molecule has 1 heterocycles. The Morgan fingerprint density at radius 3 is 2.94 bits per heavy atom. The van der Waals surface area contributed by atoms with Gasteiger partial charge < -0.3 is 10.1 Å². The van der Waals surface area contributed by atoms with Crippen molar-refractivity contribution >= 4 is 0 Å². The molecule has 2 atom stereocenters. The van der Waals surface area contributed by atoms with Crippen molar-refractivity contribution in [1.82, 2.24) is 5.32 Å². The number of rotatable bonds is 6. The first kappa shape index (κ1) is 12.4. The lowest BCUT2D eigenvalue weighted by Gasteiger charge is -2.17. The second-order valence-corrected chi connectivity index (χ2v) is 4.79. The third kappa shape index (κ3) is 3.01. The van der Waals surface area contributed by atoms with E-state index >= 15 is 0 Å². The average molecular weight is 233 g/mol. The summed E-state index contributed by atoms with van der Waals surface area (Å²) >= 11 is 0. The number of benzene rings is 1. The maximum atomic E-state index is 5.72. The van der Waals surface area contributed by atoms with Crippen LogP contribution in [0.3, 0.4) is 0 Å². The lowest BCUT2D eigenvalue weighted by Crippen LogP contribution is -2.28. The summed E-state index contributed by atoms with van der Waals surface area (Å²) in [6.07, 6.45) is 3.68. The molecule has 2 rings (SSSR count). The molecule has 1 N–H and O–H groups in total. The first-order chi connectivity index (χ1) is 8.35. The SMILES string of the molecule is CCNC(CC)CCC1COc2ccccc21. The van der Waals surface area contributed by atoms with E-state index in [1.165, 1.54) is 24.8 Å². The predicted octanol–water partition coefficient (Wildman–Crippen LogP) is 3.33. The van der Waals surface area contributed by atoms with Crippen LogP contribution < -0.4 is 10.1 Å². The first-order valence-corrected chi connectivity index (χ1v) is 6.80. The highest BCUT2D eigenvalue weighted by Gasteiger charge is 2.23. The highest BCUT2D eigenvalue weighted by atomic mass is 16.5. The zero-order valence-corrected chi connectivity index (χ0v) is 10.9. The Morgan fingerprint density at radius 2 is 2.18 bits per heavy atom. The number of para-hydroxylation sites is 1. The molecule has 0 bridgehead atoms. The van der Waals surface area contributed by atoms with Crippen LogP contribution in [-0.4, -0.2) is 19.2 Å². The Kier molecular flexibility index (Phi) is 4.43. The minimum absolute atomic E-state index is 0.596. The molecule has 0 radical (unpaired) electrons. The van der Waals surface area contributed by atoms with Crippen molar-refractivity contribution in [3.63, 3.8) is 0 Å². The van der Waals surface area contributed by atoms with Gasteiger partial charge in [-0.1, -0.05) is 32.0 Å². The fourth-order valence-corrected chi connectivity index (χ4v) is 2.61. The molecule has 94 valence electrons. The minimum atomic E-state index is 0.596. The van der Waals surface area contributed by atoms with Gasteiger partial charge in [-0.2, -0.15) is 0 Å². The highest BCUT2D eigenvalue weighted by Crippen LogP contribution is 2.36. The third-order valence-electron chi connectivity index (χ3n) is 3.65. The fourth-order valence-electron chi connectivity index (χ4n) is 2.61. The van der Waals surface area contributed by atoms with E-state index in [1.807, 2.05) is 0 Å². The Morgan fingerprint density at radius 1 is 1.35 bits per heavy atom. The van der Waals surface area contributed by atoms with E-state index in [0.29, 0.717) is 12.0 Å². The molecule has 0 spiro atoms. The summed E-state index contributed by atoms with van der Waals surface area (Å²) in [6.45, 7) is 6.36. The molecule has 2 unspecified atom stereocenters. The van der Waals surface area contributed by atoms with Gasteiger partial charge in [-0.05, 0) is 31.9 Å². The molecule has 0 amide bonds. The van der Waals surface area contributed by atoms with Crippen molar-refractivity contribution < 1.29 is 4.74 Å². The van der Waals surface area contributed by atoms with Crippen LogP contribution in [0, 0.1) is 0 Å². The van der Waals surface area contributed by atoms with E-state index in [9.17, 15) is 0 Å². The molecule has 0 saturated carbocycles. The molecular weight excluding hydrogens is 210 g/mol. The van der Waals surface area contributed by atoms with Gasteiger partial charge in [0.25, 0.3) is 0 Å². The van der Waals surface area contributed by atoms with E-state index < -0.39 is 0 Å². The van der Waals surface area contributed by atoms with E-state index in [1.54, 1.807) is 0 Å². The Bertz CT molecular complexity index is 351. The minimum Gasteiger partial charge on any atom is -0.493 e. The maximum Gasteiger partial charge on any atom is 0.122 e. The van der Waals surface area contributed by atoms with Crippen molar-refractivity contribution in [1.29, 1.82) is 0 Å². The summed E-state index contributed by atoms with van der Waals surface area (Å²) in [5.41, 5.74) is 1.40. The van der Waals surface area contributed by atoms with E-state index in [2.05, 4.69) is 43.4 Å². The van der Waals surface area contributed by atoms with Gasteiger partial charge in [0.1, 0.15) is 5.75 Å². The Balaban J connectivity index is 1.89. The van der Waals surface area contributed by atoms with Gasteiger partial charge in [0, 0.05) is 17.5 Å². The molecule has 0 fully saturated rings. The maximum absolute atomic E-state index is 5.72. The summed E-state index contributed by atoms with van der Waals surface area (Å²) in [4.78, 5) is 0. The third-order valence-corrected chi connectivity index (χ3v) is 3.65. The molecule has 1 aliphatic heterocycles. The van der Waals surface area contributed by atoms with Gasteiger partial charge in [-0.3, -0.25) is 0 Å². The van der Waals surface area contributed by atoms with E-state index in [-0.39, 0.29) is 0 Å². The van der Waals surface area contributed by atoms with Crippen LogP contribution in [0.2, 0.25) is 0 Å². The molecule has 1 aromatic rings. The number of fused-ring (bicyclic) bond motifs is 1. The van der Waals surface area contributed by atoms with Gasteiger partial charge in [0.2, 0.25) is 0 Å². The van der Waals surface area contributed by atoms with Crippen LogP contribution in [0.1, 0.15) is 44.6 Å². The standard InChI is InChI=1S/C15H23NO/c1-3-13(16-4-2)10-9-12-11-17-15-8-6-5-7-14(12)15/h5-8,12-13,16H,3-4,9-11H2,1-2H3. The summed E-state index contributed by atoms with van der Waals surface area (Å²) in [5, 5.41) is 3.54. The molecule has 0 saturated heterocycles. The Hall–Kier alpha value is -1.02. The number of ether oxygens (including phenoxy) is 1. The largest absolute Gasteiger partial charge is 0.493 e. The monoisotopic (exact) mass is 233 g/mol. The van der Waals surface area contributed by atoms with Crippen LogP contribution in [0.4, 0.5) is 0 Å². The van der Waals surface area contributed by atoms with Gasteiger partial charge in [0.05, 0.1) is 6.61 Å². The van der Waals surface area contributed by atoms with E-state index in [4.69, 9.17) is 4.74 Å². The van der Waals surface area contributed by atoms with Crippen molar-refractivity contribution in [2.45, 2.75) is 45.1 Å². The van der Waals surface area contributed by atoms with Gasteiger partial charge in [0.15, 0.2) is 0 Å². The van der Waals surface area contributed by atoms with Crippen LogP contribution in [-0.2, 0) is 0 Å². The molecular formula is C15H23NO. The molecule has 1 aliphatic rings. The van der Waals surface area contributed by atoms with Gasteiger partial charge in [-0.15, -0.1) is 0 Å². The second kappa shape index (κ2) is 6.06. The quantitative estimate of drug-likeness (QED) is 0.813. The molecule has 0 aliphatic carbocycles. The van der Waals surface area contributed by atoms with Crippen LogP contribution in [0.15, 0.2) is 24.3 Å². The predicted molar refractivity (Wildman–Crippen MR) is 71.7 cm³/mol.